The Kier molecular flexibility index (Phi) is 3.32. The van der Waals surface area contributed by atoms with Gasteiger partial charge in [0.25, 0.3) is 6.43 Å². The number of benzene rings is 2. The second-order valence-corrected chi connectivity index (χ2v) is 4.62. The molecule has 0 aliphatic rings. The number of alkyl halides is 2. The molecule has 7 heteroatoms. The lowest BCUT2D eigenvalue weighted by Crippen LogP contribution is -1.97. The van der Waals surface area contributed by atoms with Crippen LogP contribution in [0.1, 0.15) is 22.3 Å². The summed E-state index contributed by atoms with van der Waals surface area (Å²) in [6, 6.07) is 7.46. The van der Waals surface area contributed by atoms with Gasteiger partial charge in [0, 0.05) is 11.1 Å². The predicted molar refractivity (Wildman–Crippen MR) is 73.4 cm³/mol. The lowest BCUT2D eigenvalue weighted by atomic mass is 10.1. The van der Waals surface area contributed by atoms with E-state index in [0.717, 1.165) is 12.1 Å². The maximum Gasteiger partial charge on any atom is 0.337 e. The average Bonchev–Trinajstić information content (AvgIpc) is 2.90. The first-order chi connectivity index (χ1) is 10.5. The van der Waals surface area contributed by atoms with Gasteiger partial charge >= 0.3 is 5.97 Å². The number of carbonyl (C=O) groups is 1. The minimum Gasteiger partial charge on any atom is -0.478 e. The van der Waals surface area contributed by atoms with Gasteiger partial charge in [-0.15, -0.1) is 0 Å². The van der Waals surface area contributed by atoms with Crippen molar-refractivity contribution in [2.45, 2.75) is 6.43 Å². The summed E-state index contributed by atoms with van der Waals surface area (Å²) in [5, 5.41) is 9.12. The van der Waals surface area contributed by atoms with Gasteiger partial charge in [-0.25, -0.2) is 22.9 Å². The van der Waals surface area contributed by atoms with E-state index in [9.17, 15) is 18.0 Å². The molecule has 4 nitrogen and oxygen atoms in total. The van der Waals surface area contributed by atoms with Crippen LogP contribution < -0.4 is 0 Å². The van der Waals surface area contributed by atoms with Crippen molar-refractivity contribution in [1.82, 2.24) is 9.97 Å². The number of imidazole rings is 1. The molecule has 0 aliphatic carbocycles. The van der Waals surface area contributed by atoms with Gasteiger partial charge in [0.05, 0.1) is 11.1 Å². The van der Waals surface area contributed by atoms with Gasteiger partial charge in [0.2, 0.25) is 0 Å². The van der Waals surface area contributed by atoms with Gasteiger partial charge in [0.1, 0.15) is 17.2 Å². The van der Waals surface area contributed by atoms with Crippen LogP contribution in [-0.2, 0) is 0 Å². The number of carboxylic acid groups (broad SMARTS) is 1. The van der Waals surface area contributed by atoms with Crippen LogP contribution in [0.2, 0.25) is 0 Å². The molecule has 3 aromatic rings. The number of halogens is 3. The van der Waals surface area contributed by atoms with E-state index < -0.39 is 23.8 Å². The number of H-pyrrole nitrogens is 1. The Hall–Kier alpha value is -2.83. The summed E-state index contributed by atoms with van der Waals surface area (Å²) in [7, 11) is 0. The van der Waals surface area contributed by atoms with E-state index in [1.807, 2.05) is 0 Å². The van der Waals surface area contributed by atoms with Crippen LogP contribution in [0.5, 0.6) is 0 Å². The molecule has 0 unspecified atom stereocenters. The molecule has 3 rings (SSSR count). The van der Waals surface area contributed by atoms with Crippen molar-refractivity contribution in [3.63, 3.8) is 0 Å². The minimum absolute atomic E-state index is 0.0314. The Morgan fingerprint density at radius 3 is 2.68 bits per heavy atom. The van der Waals surface area contributed by atoms with Crippen LogP contribution >= 0.6 is 0 Å². The molecule has 0 atom stereocenters. The fourth-order valence-corrected chi connectivity index (χ4v) is 2.26. The number of aromatic amines is 1. The monoisotopic (exact) mass is 306 g/mol. The summed E-state index contributed by atoms with van der Waals surface area (Å²) in [5.41, 5.74) is 0.0505. The third-order valence-electron chi connectivity index (χ3n) is 3.25. The number of hydrogen-bond donors (Lipinski definition) is 2. The zero-order chi connectivity index (χ0) is 15.9. The van der Waals surface area contributed by atoms with Crippen LogP contribution in [0.3, 0.4) is 0 Å². The largest absolute Gasteiger partial charge is 0.478 e. The van der Waals surface area contributed by atoms with Crippen LogP contribution in [0, 0.1) is 5.82 Å². The van der Waals surface area contributed by atoms with Crippen LogP contribution in [-0.4, -0.2) is 21.0 Å². The first-order valence-electron chi connectivity index (χ1n) is 6.27. The van der Waals surface area contributed by atoms with Crippen molar-refractivity contribution in [2.75, 3.05) is 0 Å². The molecule has 0 spiro atoms. The molecule has 2 N–H and O–H groups in total. The number of para-hydroxylation sites is 1. The fourth-order valence-electron chi connectivity index (χ4n) is 2.26. The van der Waals surface area contributed by atoms with Gasteiger partial charge in [-0.1, -0.05) is 6.07 Å². The zero-order valence-corrected chi connectivity index (χ0v) is 11.0. The highest BCUT2D eigenvalue weighted by Gasteiger charge is 2.19. The van der Waals surface area contributed by atoms with Crippen molar-refractivity contribution in [1.29, 1.82) is 0 Å². The van der Waals surface area contributed by atoms with E-state index in [1.165, 1.54) is 18.2 Å². The second-order valence-electron chi connectivity index (χ2n) is 4.62. The summed E-state index contributed by atoms with van der Waals surface area (Å²) in [6.45, 7) is 0. The van der Waals surface area contributed by atoms with E-state index in [2.05, 4.69) is 9.97 Å². The maximum absolute atomic E-state index is 13.2. The summed E-state index contributed by atoms with van der Waals surface area (Å²) in [5.74, 6) is -1.88. The number of aromatic carboxylic acids is 1. The quantitative estimate of drug-likeness (QED) is 0.768. The average molecular weight is 306 g/mol. The fraction of sp³-hybridized carbons (Fsp3) is 0.0667. The molecule has 0 bridgehead atoms. The second kappa shape index (κ2) is 5.18. The number of nitrogens with zero attached hydrogens (tertiary/aromatic N) is 1. The third kappa shape index (κ3) is 2.30. The SMILES string of the molecule is O=C(O)c1cccc2[nH]c(-c3ccc(F)cc3C(F)F)nc12. The molecular weight excluding hydrogens is 297 g/mol. The van der Waals surface area contributed by atoms with Crippen molar-refractivity contribution in [3.8, 4) is 11.4 Å². The van der Waals surface area contributed by atoms with Crippen LogP contribution in [0.4, 0.5) is 13.2 Å². The molecule has 0 saturated carbocycles. The first-order valence-corrected chi connectivity index (χ1v) is 6.27. The molecule has 0 aliphatic heterocycles. The maximum atomic E-state index is 13.2. The minimum atomic E-state index is -2.88. The number of fused-ring (bicyclic) bond motifs is 1. The Bertz CT molecular complexity index is 874. The standard InChI is InChI=1S/C15H9F3N2O2/c16-7-4-5-8(10(6-7)13(17)18)14-19-11-3-1-2-9(15(21)22)12(11)20-14/h1-6,13H,(H,19,20)(H,21,22). The number of carboxylic acids is 1. The predicted octanol–water partition coefficient (Wildman–Crippen LogP) is 4.00. The zero-order valence-electron chi connectivity index (χ0n) is 11.0. The van der Waals surface area contributed by atoms with Gasteiger partial charge in [-0.05, 0) is 30.3 Å². The van der Waals surface area contributed by atoms with Crippen molar-refractivity contribution in [3.05, 3.63) is 53.3 Å². The molecule has 0 saturated heterocycles. The van der Waals surface area contributed by atoms with E-state index in [-0.39, 0.29) is 22.5 Å². The Balaban J connectivity index is 2.24. The highest BCUT2D eigenvalue weighted by Crippen LogP contribution is 2.31. The van der Waals surface area contributed by atoms with Gasteiger partial charge in [-0.2, -0.15) is 0 Å². The Morgan fingerprint density at radius 2 is 2.00 bits per heavy atom. The third-order valence-corrected chi connectivity index (χ3v) is 3.25. The molecule has 0 fully saturated rings. The summed E-state index contributed by atoms with van der Waals surface area (Å²) in [6.07, 6.45) is -2.88. The molecule has 0 radical (unpaired) electrons. The first kappa shape index (κ1) is 14.1. The van der Waals surface area contributed by atoms with Gasteiger partial charge < -0.3 is 10.1 Å². The van der Waals surface area contributed by atoms with Gasteiger partial charge in [0.15, 0.2) is 0 Å². The molecule has 2 aromatic carbocycles. The van der Waals surface area contributed by atoms with E-state index in [1.54, 1.807) is 6.07 Å². The summed E-state index contributed by atoms with van der Waals surface area (Å²) >= 11 is 0. The molecule has 1 heterocycles. The Morgan fingerprint density at radius 1 is 1.23 bits per heavy atom. The molecule has 22 heavy (non-hydrogen) atoms. The summed E-state index contributed by atoms with van der Waals surface area (Å²) < 4.78 is 39.3. The lowest BCUT2D eigenvalue weighted by Gasteiger charge is -2.06. The van der Waals surface area contributed by atoms with Crippen molar-refractivity contribution in [2.24, 2.45) is 0 Å². The number of hydrogen-bond acceptors (Lipinski definition) is 2. The highest BCUT2D eigenvalue weighted by molar-refractivity contribution is 6.01. The lowest BCUT2D eigenvalue weighted by molar-refractivity contribution is 0.0699. The molecule has 1 aromatic heterocycles. The van der Waals surface area contributed by atoms with Crippen LogP contribution in [0.25, 0.3) is 22.4 Å². The summed E-state index contributed by atoms with van der Waals surface area (Å²) in [4.78, 5) is 18.0. The van der Waals surface area contributed by atoms with Crippen molar-refractivity contribution < 1.29 is 23.1 Å². The molecule has 112 valence electrons. The van der Waals surface area contributed by atoms with Crippen LogP contribution in [0.15, 0.2) is 36.4 Å². The van der Waals surface area contributed by atoms with E-state index >= 15 is 0 Å². The molecular formula is C15H9F3N2O2. The van der Waals surface area contributed by atoms with E-state index in [4.69, 9.17) is 5.11 Å². The topological polar surface area (TPSA) is 66.0 Å². The smallest absolute Gasteiger partial charge is 0.337 e. The molecule has 0 amide bonds. The van der Waals surface area contributed by atoms with Gasteiger partial charge in [-0.3, -0.25) is 0 Å². The number of rotatable bonds is 3. The highest BCUT2D eigenvalue weighted by atomic mass is 19.3. The number of aromatic nitrogens is 2. The normalized spacial score (nSPS) is 11.3. The number of nitrogens with one attached hydrogen (secondary N) is 1. The van der Waals surface area contributed by atoms with E-state index in [0.29, 0.717) is 5.52 Å². The Labute approximate surface area is 122 Å². The van der Waals surface area contributed by atoms with Crippen molar-refractivity contribution >= 4 is 17.0 Å².